The van der Waals surface area contributed by atoms with Crippen molar-refractivity contribution in [3.8, 4) is 11.4 Å². The zero-order chi connectivity index (χ0) is 24.4. The number of sulfonamides is 1. The number of benzene rings is 2. The van der Waals surface area contributed by atoms with Gasteiger partial charge in [-0.05, 0) is 57.2 Å². The fourth-order valence-electron chi connectivity index (χ4n) is 2.71. The summed E-state index contributed by atoms with van der Waals surface area (Å²) in [5.74, 6) is -0.987. The molecule has 1 heterocycles. The van der Waals surface area contributed by atoms with Crippen molar-refractivity contribution in [1.82, 2.24) is 14.9 Å². The Hall–Kier alpha value is -3.25. The summed E-state index contributed by atoms with van der Waals surface area (Å²) in [7, 11) is -3.76. The lowest BCUT2D eigenvalue weighted by atomic mass is 10.1. The number of hydrogen-bond donors (Lipinski definition) is 1. The molecule has 2 aromatic carbocycles. The Bertz CT molecular complexity index is 1250. The standard InChI is InChI=1S/C21H20F3N3O5S/c1-20(2,3)27-33(29,30)16-9-7-13(8-10-16)19(28)31-12-17-25-18(26-32-17)14-5-4-6-15(11-14)21(22,23)24/h4-11,27H,12H2,1-3H3. The molecule has 3 aromatic rings. The van der Waals surface area contributed by atoms with Crippen LogP contribution in [-0.2, 0) is 27.5 Å². The number of carbonyl (C=O) groups is 1. The van der Waals surface area contributed by atoms with E-state index < -0.39 is 39.9 Å². The lowest BCUT2D eigenvalue weighted by molar-refractivity contribution is -0.137. The van der Waals surface area contributed by atoms with Crippen LogP contribution in [0.15, 0.2) is 57.9 Å². The van der Waals surface area contributed by atoms with Crippen LogP contribution in [0.4, 0.5) is 13.2 Å². The fourth-order valence-corrected chi connectivity index (χ4v) is 4.13. The summed E-state index contributed by atoms with van der Waals surface area (Å²) >= 11 is 0. The molecule has 8 nitrogen and oxygen atoms in total. The Labute approximate surface area is 187 Å². The molecule has 0 radical (unpaired) electrons. The van der Waals surface area contributed by atoms with Crippen molar-refractivity contribution in [3.05, 3.63) is 65.5 Å². The second kappa shape index (κ2) is 8.94. The van der Waals surface area contributed by atoms with E-state index in [1.807, 2.05) is 0 Å². The minimum Gasteiger partial charge on any atom is -0.452 e. The number of aromatic nitrogens is 2. The summed E-state index contributed by atoms with van der Waals surface area (Å²) in [6.07, 6.45) is -4.52. The van der Waals surface area contributed by atoms with Crippen LogP contribution in [0, 0.1) is 0 Å². The van der Waals surface area contributed by atoms with Crippen LogP contribution in [0.5, 0.6) is 0 Å². The zero-order valence-electron chi connectivity index (χ0n) is 17.8. The second-order valence-electron chi connectivity index (χ2n) is 8.05. The van der Waals surface area contributed by atoms with Crippen LogP contribution in [-0.4, -0.2) is 30.1 Å². The number of alkyl halides is 3. The first-order chi connectivity index (χ1) is 15.2. The molecule has 12 heteroatoms. The highest BCUT2D eigenvalue weighted by Crippen LogP contribution is 2.31. The van der Waals surface area contributed by atoms with E-state index in [2.05, 4.69) is 14.9 Å². The highest BCUT2D eigenvalue weighted by molar-refractivity contribution is 7.89. The van der Waals surface area contributed by atoms with Gasteiger partial charge in [-0.2, -0.15) is 18.2 Å². The van der Waals surface area contributed by atoms with Gasteiger partial charge >= 0.3 is 12.1 Å². The molecule has 0 aliphatic rings. The van der Waals surface area contributed by atoms with E-state index in [1.165, 1.54) is 36.4 Å². The van der Waals surface area contributed by atoms with Crippen LogP contribution < -0.4 is 4.72 Å². The molecule has 0 aliphatic heterocycles. The molecule has 176 valence electrons. The number of halogens is 3. The zero-order valence-corrected chi connectivity index (χ0v) is 18.6. The van der Waals surface area contributed by atoms with E-state index in [-0.39, 0.29) is 27.7 Å². The van der Waals surface area contributed by atoms with Crippen molar-refractivity contribution >= 4 is 16.0 Å². The van der Waals surface area contributed by atoms with Gasteiger partial charge in [-0.15, -0.1) is 0 Å². The van der Waals surface area contributed by atoms with Crippen molar-refractivity contribution in [2.75, 3.05) is 0 Å². The largest absolute Gasteiger partial charge is 0.452 e. The number of esters is 1. The van der Waals surface area contributed by atoms with Crippen LogP contribution in [0.1, 0.15) is 42.6 Å². The topological polar surface area (TPSA) is 111 Å². The minimum absolute atomic E-state index is 0.0170. The third-order valence-corrected chi connectivity index (χ3v) is 5.86. The van der Waals surface area contributed by atoms with Gasteiger partial charge in [-0.1, -0.05) is 17.3 Å². The van der Waals surface area contributed by atoms with Gasteiger partial charge in [-0.25, -0.2) is 17.9 Å². The third-order valence-electron chi connectivity index (χ3n) is 4.08. The van der Waals surface area contributed by atoms with Crippen LogP contribution in [0.2, 0.25) is 0 Å². The Morgan fingerprint density at radius 2 is 1.76 bits per heavy atom. The van der Waals surface area contributed by atoms with Crippen molar-refractivity contribution in [2.24, 2.45) is 0 Å². The minimum atomic E-state index is -4.52. The van der Waals surface area contributed by atoms with Crippen molar-refractivity contribution in [3.63, 3.8) is 0 Å². The van der Waals surface area contributed by atoms with E-state index in [0.717, 1.165) is 12.1 Å². The Balaban J connectivity index is 1.65. The van der Waals surface area contributed by atoms with Gasteiger partial charge in [-0.3, -0.25) is 0 Å². The molecule has 0 aliphatic carbocycles. The molecule has 0 spiro atoms. The van der Waals surface area contributed by atoms with Gasteiger partial charge in [0.25, 0.3) is 5.89 Å². The Morgan fingerprint density at radius 1 is 1.09 bits per heavy atom. The van der Waals surface area contributed by atoms with Crippen molar-refractivity contribution in [1.29, 1.82) is 0 Å². The Kier molecular flexibility index (Phi) is 6.61. The van der Waals surface area contributed by atoms with Gasteiger partial charge in [0.15, 0.2) is 6.61 Å². The van der Waals surface area contributed by atoms with Crippen LogP contribution >= 0.6 is 0 Å². The fraction of sp³-hybridized carbons (Fsp3) is 0.286. The molecule has 0 atom stereocenters. The highest BCUT2D eigenvalue weighted by Gasteiger charge is 2.31. The first-order valence-corrected chi connectivity index (χ1v) is 11.0. The number of nitrogens with zero attached hydrogens (tertiary/aromatic N) is 2. The number of ether oxygens (including phenoxy) is 1. The molecule has 33 heavy (non-hydrogen) atoms. The lowest BCUT2D eigenvalue weighted by Gasteiger charge is -2.20. The van der Waals surface area contributed by atoms with Crippen molar-refractivity contribution in [2.45, 2.75) is 44.0 Å². The van der Waals surface area contributed by atoms with E-state index in [1.54, 1.807) is 20.8 Å². The quantitative estimate of drug-likeness (QED) is 0.523. The molecule has 1 N–H and O–H groups in total. The second-order valence-corrected chi connectivity index (χ2v) is 9.73. The molecular formula is C21H20F3N3O5S. The monoisotopic (exact) mass is 483 g/mol. The maximum absolute atomic E-state index is 12.9. The van der Waals surface area contributed by atoms with Gasteiger partial charge in [0, 0.05) is 11.1 Å². The van der Waals surface area contributed by atoms with Gasteiger partial charge in [0.1, 0.15) is 0 Å². The first kappa shape index (κ1) is 24.4. The highest BCUT2D eigenvalue weighted by atomic mass is 32.2. The van der Waals surface area contributed by atoms with Gasteiger partial charge in [0.05, 0.1) is 16.0 Å². The molecule has 3 rings (SSSR count). The number of hydrogen-bond acceptors (Lipinski definition) is 7. The van der Waals surface area contributed by atoms with E-state index >= 15 is 0 Å². The SMILES string of the molecule is CC(C)(C)NS(=O)(=O)c1ccc(C(=O)OCc2nc(-c3cccc(C(F)(F)F)c3)no2)cc1. The number of nitrogens with one attached hydrogen (secondary N) is 1. The van der Waals surface area contributed by atoms with Crippen LogP contribution in [0.3, 0.4) is 0 Å². The maximum Gasteiger partial charge on any atom is 0.416 e. The average Bonchev–Trinajstić information content (AvgIpc) is 3.19. The maximum atomic E-state index is 12.9. The molecule has 1 aromatic heterocycles. The molecule has 0 bridgehead atoms. The number of carbonyl (C=O) groups excluding carboxylic acids is 1. The van der Waals surface area contributed by atoms with E-state index in [4.69, 9.17) is 9.26 Å². The Morgan fingerprint density at radius 3 is 2.36 bits per heavy atom. The molecule has 0 saturated carbocycles. The van der Waals surface area contributed by atoms with E-state index in [9.17, 15) is 26.4 Å². The predicted octanol–water partition coefficient (Wildman–Crippen LogP) is 4.19. The average molecular weight is 483 g/mol. The molecule has 0 saturated heterocycles. The third kappa shape index (κ3) is 6.39. The smallest absolute Gasteiger partial charge is 0.416 e. The molecule has 0 fully saturated rings. The van der Waals surface area contributed by atoms with Crippen LogP contribution in [0.25, 0.3) is 11.4 Å². The summed E-state index contributed by atoms with van der Waals surface area (Å²) < 4.78 is 75.7. The van der Waals surface area contributed by atoms with Gasteiger partial charge < -0.3 is 9.26 Å². The summed E-state index contributed by atoms with van der Waals surface area (Å²) in [5, 5.41) is 3.61. The summed E-state index contributed by atoms with van der Waals surface area (Å²) in [6, 6.07) is 9.52. The molecule has 0 amide bonds. The van der Waals surface area contributed by atoms with Gasteiger partial charge in [0.2, 0.25) is 15.8 Å². The molecular weight excluding hydrogens is 463 g/mol. The predicted molar refractivity (Wildman–Crippen MR) is 110 cm³/mol. The summed E-state index contributed by atoms with van der Waals surface area (Å²) in [4.78, 5) is 16.2. The number of rotatable bonds is 6. The summed E-state index contributed by atoms with van der Waals surface area (Å²) in [5.41, 5.74) is -1.36. The molecule has 0 unspecified atom stereocenters. The summed E-state index contributed by atoms with van der Waals surface area (Å²) in [6.45, 7) is 4.68. The van der Waals surface area contributed by atoms with Crippen molar-refractivity contribution < 1.29 is 35.6 Å². The lowest BCUT2D eigenvalue weighted by Crippen LogP contribution is -2.40. The first-order valence-electron chi connectivity index (χ1n) is 9.56. The normalized spacial score (nSPS) is 12.5. The van der Waals surface area contributed by atoms with E-state index in [0.29, 0.717) is 0 Å².